The predicted octanol–water partition coefficient (Wildman–Crippen LogP) is 8.57. The number of pyridine rings is 3. The molecule has 4 aliphatic rings. The summed E-state index contributed by atoms with van der Waals surface area (Å²) in [6.07, 6.45) is 6.40. The molecule has 2 aliphatic carbocycles. The topological polar surface area (TPSA) is 60.4 Å². The van der Waals surface area contributed by atoms with Crippen molar-refractivity contribution in [3.63, 3.8) is 0 Å². The molecule has 0 spiro atoms. The minimum absolute atomic E-state index is 0. The van der Waals surface area contributed by atoms with E-state index in [1.54, 1.807) is 6.20 Å². The number of aromatic nitrogens is 3. The molecule has 1 saturated carbocycles. The molecule has 6 aromatic rings. The van der Waals surface area contributed by atoms with E-state index in [9.17, 15) is 0 Å². The molecule has 2 aliphatic heterocycles. The van der Waals surface area contributed by atoms with Crippen LogP contribution in [-0.4, -0.2) is 35.3 Å². The molecule has 47 heavy (non-hydrogen) atoms. The third-order valence-electron chi connectivity index (χ3n) is 12.4. The Labute approximate surface area is 289 Å². The first-order valence-electron chi connectivity index (χ1n) is 16.3. The van der Waals surface area contributed by atoms with Crippen molar-refractivity contribution in [2.45, 2.75) is 70.6 Å². The van der Waals surface area contributed by atoms with Crippen LogP contribution < -0.4 is 14.4 Å². The zero-order valence-corrected chi connectivity index (χ0v) is 30.4. The maximum absolute atomic E-state index is 5.56. The second-order valence-corrected chi connectivity index (χ2v) is 15.3. The van der Waals surface area contributed by atoms with E-state index >= 15 is 0 Å². The van der Waals surface area contributed by atoms with Crippen molar-refractivity contribution in [3.8, 4) is 11.5 Å². The Morgan fingerprint density at radius 3 is 2.47 bits per heavy atom. The Morgan fingerprint density at radius 1 is 0.851 bits per heavy atom. The van der Waals surface area contributed by atoms with Gasteiger partial charge >= 0.3 is 0 Å². The summed E-state index contributed by atoms with van der Waals surface area (Å²) in [5.41, 5.74) is 9.07. The van der Waals surface area contributed by atoms with E-state index in [1.165, 1.54) is 40.7 Å². The number of hydrogen-bond acceptors (Lipinski definition) is 6. The van der Waals surface area contributed by atoms with Crippen LogP contribution in [0.5, 0.6) is 11.5 Å². The monoisotopic (exact) mass is 799 g/mol. The normalized spacial score (nSPS) is 23.9. The summed E-state index contributed by atoms with van der Waals surface area (Å²) in [7, 11) is 2.13. The summed E-state index contributed by atoms with van der Waals surface area (Å²) in [6.45, 7) is 15.6. The summed E-state index contributed by atoms with van der Waals surface area (Å²) in [6, 6.07) is 21.4. The average Bonchev–Trinajstić information content (AvgIpc) is 3.68. The maximum Gasteiger partial charge on any atom is 0.218 e. The van der Waals surface area contributed by atoms with Crippen molar-refractivity contribution in [2.75, 3.05) is 25.3 Å². The Hall–Kier alpha value is -3.80. The molecule has 241 valence electrons. The van der Waals surface area contributed by atoms with Gasteiger partial charge in [-0.25, -0.2) is 0 Å². The largest absolute Gasteiger partial charge is 0.500 e. The Kier molecular flexibility index (Phi) is 6.41. The molecule has 0 saturated heterocycles. The fourth-order valence-corrected chi connectivity index (χ4v) is 9.19. The molecule has 2 unspecified atom stereocenters. The van der Waals surface area contributed by atoms with Gasteiger partial charge in [0.15, 0.2) is 0 Å². The van der Waals surface area contributed by atoms with Crippen molar-refractivity contribution in [1.82, 2.24) is 15.0 Å². The maximum atomic E-state index is 5.56. The van der Waals surface area contributed by atoms with E-state index in [0.29, 0.717) is 5.75 Å². The summed E-state index contributed by atoms with van der Waals surface area (Å²) in [4.78, 5) is 16.6. The molecule has 1 radical (unpaired) electrons. The number of anilines is 1. The molecule has 3 aromatic carbocycles. The van der Waals surface area contributed by atoms with Crippen molar-refractivity contribution >= 4 is 49.2 Å². The number of rotatable bonds is 0. The number of nitrogens with zero attached hydrogens (tertiary/aromatic N) is 4. The minimum Gasteiger partial charge on any atom is -0.500 e. The molecular formula is C40H38IrN4O2-2. The molecule has 0 N–H and O–H groups in total. The Balaban J connectivity index is 0.000000140. The number of hydrogen-bond donors (Lipinski definition) is 0. The van der Waals surface area contributed by atoms with E-state index in [4.69, 9.17) is 19.4 Å². The predicted molar refractivity (Wildman–Crippen MR) is 184 cm³/mol. The average molecular weight is 799 g/mol. The minimum atomic E-state index is 0. The van der Waals surface area contributed by atoms with Crippen LogP contribution in [0.2, 0.25) is 0 Å². The molecular weight excluding hydrogens is 761 g/mol. The van der Waals surface area contributed by atoms with Gasteiger partial charge in [-0.1, -0.05) is 89.5 Å². The van der Waals surface area contributed by atoms with Crippen LogP contribution in [0.3, 0.4) is 0 Å². The van der Waals surface area contributed by atoms with Gasteiger partial charge < -0.3 is 24.3 Å². The number of fused-ring (bicyclic) bond motifs is 14. The van der Waals surface area contributed by atoms with Crippen LogP contribution in [0, 0.1) is 17.5 Å². The summed E-state index contributed by atoms with van der Waals surface area (Å²) >= 11 is 0. The van der Waals surface area contributed by atoms with Crippen LogP contribution >= 0.6 is 0 Å². The van der Waals surface area contributed by atoms with Crippen LogP contribution in [-0.2, 0) is 36.4 Å². The van der Waals surface area contributed by atoms with Crippen LogP contribution in [0.15, 0.2) is 54.9 Å². The summed E-state index contributed by atoms with van der Waals surface area (Å²) < 4.78 is 11.1. The SMILES string of the molecule is CC12CCC(C)(c3c1cnc1c3ccc3cc4c([c-]c31)OCO4)C2(C)C.CN1CC(C)(C)c2nc3c(ccc4ncc[c-]c43)cc21.[Ir]. The fraction of sp³-hybridized carbons (Fsp3) is 0.375. The molecule has 1 fully saturated rings. The first-order chi connectivity index (χ1) is 21.9. The van der Waals surface area contributed by atoms with Gasteiger partial charge in [-0.2, -0.15) is 0 Å². The Morgan fingerprint density at radius 2 is 1.64 bits per heavy atom. The molecule has 2 atom stereocenters. The van der Waals surface area contributed by atoms with Gasteiger partial charge in [0, 0.05) is 50.7 Å². The third kappa shape index (κ3) is 3.90. The van der Waals surface area contributed by atoms with Crippen LogP contribution in [0.1, 0.15) is 71.2 Å². The van der Waals surface area contributed by atoms with Gasteiger partial charge in [0.1, 0.15) is 0 Å². The van der Waals surface area contributed by atoms with Crippen LogP contribution in [0.25, 0.3) is 43.5 Å². The van der Waals surface area contributed by atoms with E-state index in [2.05, 4.69) is 101 Å². The fourth-order valence-electron chi connectivity index (χ4n) is 9.19. The van der Waals surface area contributed by atoms with Gasteiger partial charge in [-0.3, -0.25) is 4.98 Å². The molecule has 2 bridgehead atoms. The van der Waals surface area contributed by atoms with Crippen molar-refractivity contribution in [1.29, 1.82) is 0 Å². The number of ether oxygens (including phenoxy) is 2. The van der Waals surface area contributed by atoms with Crippen molar-refractivity contribution in [3.05, 3.63) is 83.8 Å². The zero-order chi connectivity index (χ0) is 31.8. The molecule has 10 rings (SSSR count). The quantitative estimate of drug-likeness (QED) is 0.113. The van der Waals surface area contributed by atoms with Crippen molar-refractivity contribution < 1.29 is 29.6 Å². The van der Waals surface area contributed by atoms with Gasteiger partial charge in [-0.15, -0.1) is 22.9 Å². The van der Waals surface area contributed by atoms with Crippen molar-refractivity contribution in [2.24, 2.45) is 5.41 Å². The van der Waals surface area contributed by atoms with E-state index in [0.717, 1.165) is 50.4 Å². The van der Waals surface area contributed by atoms with E-state index < -0.39 is 0 Å². The molecule has 5 heterocycles. The summed E-state index contributed by atoms with van der Waals surface area (Å²) in [5.74, 6) is 1.48. The van der Waals surface area contributed by atoms with Gasteiger partial charge in [0.2, 0.25) is 6.79 Å². The van der Waals surface area contributed by atoms with Gasteiger partial charge in [-0.05, 0) is 68.2 Å². The molecule has 3 aromatic heterocycles. The second-order valence-electron chi connectivity index (χ2n) is 15.3. The van der Waals surface area contributed by atoms with Gasteiger partial charge in [0.25, 0.3) is 0 Å². The summed E-state index contributed by atoms with van der Waals surface area (Å²) in [5, 5.41) is 5.59. The smallest absolute Gasteiger partial charge is 0.218 e. The van der Waals surface area contributed by atoms with Gasteiger partial charge in [0.05, 0.1) is 22.9 Å². The molecule has 0 amide bonds. The first kappa shape index (κ1) is 30.5. The van der Waals surface area contributed by atoms with Crippen LogP contribution in [0.4, 0.5) is 5.69 Å². The number of likely N-dealkylation sites (N-methyl/N-ethyl adjacent to an activating group) is 1. The molecule has 7 heteroatoms. The standard InChI is InChI=1S/C23H22NO2.C17H16N3.Ir/c1-21(2)22(3)7-8-23(21,4)19-14-6-5-13-9-17-18(26-12-25-17)10-15(13)20(14)24-11-16(19)22;1-17(2)10-20(3)14-9-11-6-7-13-12(5-4-8-18-13)15(11)19-16(14)17;/h5-6,9,11H,7-8,12H2,1-4H3;4,6-9H,10H2,1-3H3;/q2*-1;. The zero-order valence-electron chi connectivity index (χ0n) is 28.0. The molecule has 6 nitrogen and oxygen atoms in total. The second kappa shape index (κ2) is 9.87. The first-order valence-corrected chi connectivity index (χ1v) is 16.3. The third-order valence-corrected chi connectivity index (χ3v) is 12.4. The van der Waals surface area contributed by atoms with E-state index in [-0.39, 0.29) is 48.6 Å². The Bertz CT molecular complexity index is 2300. The van der Waals surface area contributed by atoms with E-state index in [1.807, 2.05) is 18.2 Å². The number of benzene rings is 3.